The molecular weight excluding hydrogens is 403 g/mol. The van der Waals surface area contributed by atoms with Crippen LogP contribution in [-0.4, -0.2) is 51.8 Å². The Morgan fingerprint density at radius 3 is 1.77 bits per heavy atom. The lowest BCUT2D eigenvalue weighted by atomic mass is 9.79. The number of nitrogens with zero attached hydrogens (tertiary/aromatic N) is 2. The Bertz CT molecular complexity index is 812. The molecule has 0 bridgehead atoms. The van der Waals surface area contributed by atoms with Crippen LogP contribution in [0.5, 0.6) is 5.75 Å². The van der Waals surface area contributed by atoms with Gasteiger partial charge in [0, 0.05) is 11.7 Å². The predicted molar refractivity (Wildman–Crippen MR) is 117 cm³/mol. The molecule has 2 rings (SSSR count). The topological polar surface area (TPSA) is 107 Å². The number of aromatic hydroxyl groups is 1. The van der Waals surface area contributed by atoms with Gasteiger partial charge in [0.1, 0.15) is 11.2 Å². The molecule has 0 spiro atoms. The molecule has 0 saturated carbocycles. The highest BCUT2D eigenvalue weighted by molar-refractivity contribution is 6.63. The Morgan fingerprint density at radius 2 is 1.39 bits per heavy atom. The summed E-state index contributed by atoms with van der Waals surface area (Å²) in [5.41, 5.74) is -2.86. The van der Waals surface area contributed by atoms with Crippen LogP contribution in [0.25, 0.3) is 0 Å². The summed E-state index contributed by atoms with van der Waals surface area (Å²) in [6, 6.07) is 1.50. The Kier molecular flexibility index (Phi) is 6.42. The fraction of sp³-hybridized carbons (Fsp3) is 0.667. The lowest BCUT2D eigenvalue weighted by molar-refractivity contribution is 0.00578. The SMILES string of the molecule is CC(C)(C)OC(=O)N(C(=O)OC(C)(C)C)c1nccc(B2OC(C)(C)C(C)(C)O2)c1O. The van der Waals surface area contributed by atoms with Gasteiger partial charge in [-0.3, -0.25) is 0 Å². The predicted octanol–water partition coefficient (Wildman–Crippen LogP) is 3.76. The van der Waals surface area contributed by atoms with E-state index < -0.39 is 47.5 Å². The number of hydrogen-bond acceptors (Lipinski definition) is 8. The average Bonchev–Trinajstić information content (AvgIpc) is 2.73. The molecule has 1 aliphatic rings. The van der Waals surface area contributed by atoms with Crippen molar-refractivity contribution in [1.82, 2.24) is 4.98 Å². The van der Waals surface area contributed by atoms with Gasteiger partial charge in [-0.05, 0) is 75.3 Å². The first-order valence-electron chi connectivity index (χ1n) is 10.1. The van der Waals surface area contributed by atoms with Crippen molar-refractivity contribution in [3.63, 3.8) is 0 Å². The highest BCUT2D eigenvalue weighted by Crippen LogP contribution is 2.38. The highest BCUT2D eigenvalue weighted by atomic mass is 16.7. The molecular formula is C21H33BN2O7. The normalized spacial score (nSPS) is 17.9. The average molecular weight is 436 g/mol. The first kappa shape index (κ1) is 24.9. The van der Waals surface area contributed by atoms with Gasteiger partial charge in [-0.2, -0.15) is 4.90 Å². The third kappa shape index (κ3) is 5.68. The van der Waals surface area contributed by atoms with Crippen molar-refractivity contribution in [3.05, 3.63) is 12.3 Å². The van der Waals surface area contributed by atoms with Crippen LogP contribution < -0.4 is 10.4 Å². The summed E-state index contributed by atoms with van der Waals surface area (Å²) in [6.45, 7) is 17.5. The molecule has 9 nitrogen and oxygen atoms in total. The van der Waals surface area contributed by atoms with E-state index in [1.807, 2.05) is 27.7 Å². The summed E-state index contributed by atoms with van der Waals surface area (Å²) >= 11 is 0. The zero-order valence-electron chi connectivity index (χ0n) is 20.0. The minimum atomic E-state index is -1.03. The first-order valence-corrected chi connectivity index (χ1v) is 10.1. The first-order chi connectivity index (χ1) is 13.8. The van der Waals surface area contributed by atoms with Crippen molar-refractivity contribution in [1.29, 1.82) is 0 Å². The van der Waals surface area contributed by atoms with E-state index in [0.717, 1.165) is 0 Å². The summed E-state index contributed by atoms with van der Waals surface area (Å²) in [5, 5.41) is 11.0. The quantitative estimate of drug-likeness (QED) is 0.699. The molecule has 2 heterocycles. The number of hydrogen-bond donors (Lipinski definition) is 1. The van der Waals surface area contributed by atoms with Crippen molar-refractivity contribution in [3.8, 4) is 5.75 Å². The maximum Gasteiger partial charge on any atom is 0.498 e. The van der Waals surface area contributed by atoms with Crippen molar-refractivity contribution in [2.45, 2.75) is 91.6 Å². The van der Waals surface area contributed by atoms with Crippen LogP contribution in [0, 0.1) is 0 Å². The fourth-order valence-corrected chi connectivity index (χ4v) is 2.64. The zero-order valence-corrected chi connectivity index (χ0v) is 20.0. The Labute approximate surface area is 184 Å². The number of anilines is 1. The molecule has 0 atom stereocenters. The van der Waals surface area contributed by atoms with E-state index in [1.54, 1.807) is 41.5 Å². The Hall–Kier alpha value is -2.33. The van der Waals surface area contributed by atoms with Gasteiger partial charge < -0.3 is 23.9 Å². The molecule has 0 unspecified atom stereocenters. The van der Waals surface area contributed by atoms with E-state index in [4.69, 9.17) is 18.8 Å². The molecule has 1 N–H and O–H groups in total. The van der Waals surface area contributed by atoms with E-state index in [1.165, 1.54) is 12.3 Å². The van der Waals surface area contributed by atoms with Gasteiger partial charge in [0.05, 0.1) is 11.2 Å². The molecule has 0 radical (unpaired) electrons. The third-order valence-electron chi connectivity index (χ3n) is 4.81. The van der Waals surface area contributed by atoms with Gasteiger partial charge in [-0.15, -0.1) is 0 Å². The number of carbonyl (C=O) groups is 2. The van der Waals surface area contributed by atoms with E-state index in [2.05, 4.69) is 4.98 Å². The number of carbonyl (C=O) groups excluding carboxylic acids is 2. The van der Waals surface area contributed by atoms with E-state index in [0.29, 0.717) is 4.90 Å². The number of ether oxygens (including phenoxy) is 2. The molecule has 1 aliphatic heterocycles. The van der Waals surface area contributed by atoms with E-state index in [-0.39, 0.29) is 11.3 Å². The zero-order chi connectivity index (χ0) is 24.0. The highest BCUT2D eigenvalue weighted by Gasteiger charge is 2.53. The molecule has 31 heavy (non-hydrogen) atoms. The van der Waals surface area contributed by atoms with Crippen molar-refractivity contribution < 1.29 is 33.5 Å². The lowest BCUT2D eigenvalue weighted by Gasteiger charge is -2.32. The second-order valence-electron chi connectivity index (χ2n) is 10.5. The van der Waals surface area contributed by atoms with Crippen LogP contribution in [0.1, 0.15) is 69.2 Å². The second kappa shape index (κ2) is 7.98. The lowest BCUT2D eigenvalue weighted by Crippen LogP contribution is -2.45. The number of pyridine rings is 1. The molecule has 2 amide bonds. The maximum absolute atomic E-state index is 12.9. The summed E-state index contributed by atoms with van der Waals surface area (Å²) in [4.78, 5) is 30.4. The van der Waals surface area contributed by atoms with Gasteiger partial charge >= 0.3 is 19.3 Å². The Balaban J connectivity index is 2.51. The standard InChI is InChI=1S/C21H33BN2O7/c1-18(2,3)28-16(26)24(17(27)29-19(4,5)6)15-14(25)13(11-12-23-15)22-30-20(7,8)21(9,10)31-22/h11-12,25H,1-10H3. The Morgan fingerprint density at radius 1 is 0.968 bits per heavy atom. The molecule has 1 aromatic heterocycles. The molecule has 172 valence electrons. The maximum atomic E-state index is 12.9. The minimum Gasteiger partial charge on any atom is -0.504 e. The molecule has 1 fully saturated rings. The summed E-state index contributed by atoms with van der Waals surface area (Å²) in [7, 11) is -0.925. The van der Waals surface area contributed by atoms with Gasteiger partial charge in [-0.25, -0.2) is 14.6 Å². The van der Waals surface area contributed by atoms with Gasteiger partial charge in [-0.1, -0.05) is 0 Å². The van der Waals surface area contributed by atoms with Gasteiger partial charge in [0.2, 0.25) is 0 Å². The minimum absolute atomic E-state index is 0.223. The number of imide groups is 1. The molecule has 0 aliphatic carbocycles. The smallest absolute Gasteiger partial charge is 0.498 e. The molecule has 1 saturated heterocycles. The number of rotatable bonds is 2. The second-order valence-corrected chi connectivity index (χ2v) is 10.5. The van der Waals surface area contributed by atoms with Crippen LogP contribution in [0.3, 0.4) is 0 Å². The largest absolute Gasteiger partial charge is 0.504 e. The summed E-state index contributed by atoms with van der Waals surface area (Å²) < 4.78 is 22.7. The van der Waals surface area contributed by atoms with E-state index in [9.17, 15) is 14.7 Å². The van der Waals surface area contributed by atoms with Crippen LogP contribution in [0.2, 0.25) is 0 Å². The van der Waals surface area contributed by atoms with Crippen LogP contribution in [0.15, 0.2) is 12.3 Å². The molecule has 0 aromatic carbocycles. The van der Waals surface area contributed by atoms with Gasteiger partial charge in [0.25, 0.3) is 0 Å². The van der Waals surface area contributed by atoms with Crippen LogP contribution >= 0.6 is 0 Å². The molecule has 1 aromatic rings. The molecule has 10 heteroatoms. The van der Waals surface area contributed by atoms with Crippen molar-refractivity contribution >= 4 is 30.6 Å². The summed E-state index contributed by atoms with van der Waals surface area (Å²) in [6.07, 6.45) is -0.719. The van der Waals surface area contributed by atoms with Crippen molar-refractivity contribution in [2.75, 3.05) is 4.90 Å². The monoisotopic (exact) mass is 436 g/mol. The van der Waals surface area contributed by atoms with Crippen molar-refractivity contribution in [2.24, 2.45) is 0 Å². The fourth-order valence-electron chi connectivity index (χ4n) is 2.64. The van der Waals surface area contributed by atoms with E-state index >= 15 is 0 Å². The number of amides is 2. The number of aromatic nitrogens is 1. The summed E-state index contributed by atoms with van der Waals surface area (Å²) in [5.74, 6) is -0.784. The van der Waals surface area contributed by atoms with Crippen LogP contribution in [0.4, 0.5) is 15.4 Å². The third-order valence-corrected chi connectivity index (χ3v) is 4.81. The van der Waals surface area contributed by atoms with Crippen LogP contribution in [-0.2, 0) is 18.8 Å². The van der Waals surface area contributed by atoms with Gasteiger partial charge in [0.15, 0.2) is 11.6 Å².